The number of rotatable bonds is 8. The molecule has 8 nitrogen and oxygen atoms in total. The van der Waals surface area contributed by atoms with Crippen LogP contribution < -0.4 is 20.7 Å². The maximum Gasteiger partial charge on any atom is 0.330 e. The van der Waals surface area contributed by atoms with Crippen molar-refractivity contribution in [1.82, 2.24) is 0 Å². The maximum atomic E-state index is 12.6. The summed E-state index contributed by atoms with van der Waals surface area (Å²) in [5.41, 5.74) is 0. The van der Waals surface area contributed by atoms with Gasteiger partial charge in [0.15, 0.2) is 11.6 Å². The topological polar surface area (TPSA) is 105 Å². The Morgan fingerprint density at radius 1 is 0.443 bits per heavy atom. The van der Waals surface area contributed by atoms with E-state index in [1.807, 2.05) is 98.8 Å². The van der Waals surface area contributed by atoms with Gasteiger partial charge in [0.25, 0.3) is 16.6 Å². The highest BCUT2D eigenvalue weighted by molar-refractivity contribution is 7.00. The molecular weight excluding hydrogens is 905 g/mol. The number of carbonyl (C=O) groups excluding carboxylic acids is 4. The van der Waals surface area contributed by atoms with Crippen LogP contribution in [-0.4, -0.2) is 64.6 Å². The van der Waals surface area contributed by atoms with Gasteiger partial charge in [0, 0.05) is 25.0 Å². The number of allylic oxidation sites excluding steroid dienone is 4. The average Bonchev–Trinajstić information content (AvgIpc) is 3.33. The number of benzene rings is 4. The Hall–Kier alpha value is -5.53. The van der Waals surface area contributed by atoms with E-state index in [-0.39, 0.29) is 45.8 Å². The van der Waals surface area contributed by atoms with E-state index in [1.54, 1.807) is 24.3 Å². The predicted octanol–water partition coefficient (Wildman–Crippen LogP) is 11.0. The third-order valence-corrected chi connectivity index (χ3v) is 23.1. The van der Waals surface area contributed by atoms with E-state index >= 15 is 0 Å². The fourth-order valence-electron chi connectivity index (χ4n) is 9.40. The molecule has 0 N–H and O–H groups in total. The van der Waals surface area contributed by atoms with Crippen molar-refractivity contribution in [2.75, 3.05) is 0 Å². The first-order valence-corrected chi connectivity index (χ1v) is 29.0. The monoisotopic (exact) mass is 981 g/mol. The smallest absolute Gasteiger partial charge is 0.330 e. The van der Waals surface area contributed by atoms with Gasteiger partial charge >= 0.3 is 11.9 Å². The SMILES string of the molecule is C[C@H]1CCC/C=C/C(=O)CC[C@H](O[Si](c2ccccc2)(c2ccccc2)C(C)(C)C)/C=C/C(=O)O1.C[C@H]1CCC/C=C/C(=O)CC[C@H](O[Si](c2ccccc2)(c2ccccc2)C(C)(C)C)/C=C/C(=O)O1. The molecule has 0 aromatic heterocycles. The summed E-state index contributed by atoms with van der Waals surface area (Å²) < 4.78 is 25.5. The van der Waals surface area contributed by atoms with Crippen molar-refractivity contribution < 1.29 is 37.5 Å². The van der Waals surface area contributed by atoms with Crippen LogP contribution in [0, 0.1) is 0 Å². The van der Waals surface area contributed by atoms with Crippen LogP contribution in [0.25, 0.3) is 0 Å². The molecule has 70 heavy (non-hydrogen) atoms. The second-order valence-electron chi connectivity index (χ2n) is 20.5. The third kappa shape index (κ3) is 15.7. The van der Waals surface area contributed by atoms with Crippen LogP contribution in [0.2, 0.25) is 10.1 Å². The molecule has 0 saturated carbocycles. The fourth-order valence-corrected chi connectivity index (χ4v) is 18.7. The van der Waals surface area contributed by atoms with E-state index < -0.39 is 28.8 Å². The lowest BCUT2D eigenvalue weighted by molar-refractivity contribution is -0.143. The fraction of sp³-hybridized carbons (Fsp3) is 0.400. The molecular formula is C60H76O8Si2. The zero-order valence-electron chi connectivity index (χ0n) is 42.8. The minimum absolute atomic E-state index is 0.0853. The van der Waals surface area contributed by atoms with Crippen molar-refractivity contribution in [1.29, 1.82) is 0 Å². The van der Waals surface area contributed by atoms with E-state index in [1.165, 1.54) is 12.2 Å². The zero-order valence-corrected chi connectivity index (χ0v) is 44.8. The standard InChI is InChI=1S/2C30H38O4Si/c2*1-24-14-8-5-9-15-25(31)20-21-26(22-23-29(32)33-24)34-35(30(2,3)4,27-16-10-6-11-17-27)28-18-12-7-13-19-28/h2*6-7,9-13,15-19,22-24,26H,5,8,14,20-21H2,1-4H3/b2*15-9+,23-22+/t2*24-,26-/m00/s1. The van der Waals surface area contributed by atoms with Gasteiger partial charge in [-0.2, -0.15) is 0 Å². The highest BCUT2D eigenvalue weighted by atomic mass is 28.4. The molecule has 0 radical (unpaired) electrons. The number of carbonyl (C=O) groups is 4. The van der Waals surface area contributed by atoms with Crippen LogP contribution in [0.15, 0.2) is 170 Å². The molecule has 10 heteroatoms. The zero-order chi connectivity index (χ0) is 50.6. The number of ketones is 2. The van der Waals surface area contributed by atoms with Gasteiger partial charge in [0.05, 0.1) is 24.4 Å². The van der Waals surface area contributed by atoms with Gasteiger partial charge in [-0.05, 0) is 120 Å². The predicted molar refractivity (Wildman–Crippen MR) is 289 cm³/mol. The molecule has 0 aliphatic carbocycles. The molecule has 0 bridgehead atoms. The van der Waals surface area contributed by atoms with Crippen molar-refractivity contribution in [2.24, 2.45) is 0 Å². The van der Waals surface area contributed by atoms with Gasteiger partial charge < -0.3 is 18.3 Å². The van der Waals surface area contributed by atoms with Crippen molar-refractivity contribution in [3.8, 4) is 0 Å². The summed E-state index contributed by atoms with van der Waals surface area (Å²) in [6, 6.07) is 41.6. The lowest BCUT2D eigenvalue weighted by Gasteiger charge is -2.44. The second-order valence-corrected chi connectivity index (χ2v) is 29.0. The molecule has 4 aromatic rings. The number of hydrogen-bond acceptors (Lipinski definition) is 8. The van der Waals surface area contributed by atoms with Crippen LogP contribution in [0.4, 0.5) is 0 Å². The molecule has 2 aliphatic rings. The van der Waals surface area contributed by atoms with E-state index in [9.17, 15) is 19.2 Å². The highest BCUT2D eigenvalue weighted by Crippen LogP contribution is 2.39. The largest absolute Gasteiger partial charge is 0.460 e. The minimum Gasteiger partial charge on any atom is -0.460 e. The summed E-state index contributed by atoms with van der Waals surface area (Å²) in [5, 5.41) is 4.23. The Bertz CT molecular complexity index is 2130. The van der Waals surface area contributed by atoms with E-state index in [0.29, 0.717) is 25.7 Å². The molecule has 372 valence electrons. The molecule has 2 heterocycles. The van der Waals surface area contributed by atoms with Crippen molar-refractivity contribution in [2.45, 2.75) is 154 Å². The quantitative estimate of drug-likeness (QED) is 0.127. The van der Waals surface area contributed by atoms with E-state index in [0.717, 1.165) is 59.3 Å². The Morgan fingerprint density at radius 2 is 0.743 bits per heavy atom. The van der Waals surface area contributed by atoms with Crippen LogP contribution in [0.5, 0.6) is 0 Å². The number of hydrogen-bond donors (Lipinski definition) is 0. The first-order valence-electron chi connectivity index (χ1n) is 25.2. The summed E-state index contributed by atoms with van der Waals surface area (Å²) in [6.45, 7) is 17.1. The summed E-state index contributed by atoms with van der Waals surface area (Å²) in [7, 11) is -5.67. The Labute approximate surface area is 420 Å². The molecule has 0 unspecified atom stereocenters. The molecule has 6 rings (SSSR count). The lowest BCUT2D eigenvalue weighted by Crippen LogP contribution is -2.67. The average molecular weight is 981 g/mol. The van der Waals surface area contributed by atoms with Gasteiger partial charge in [-0.25, -0.2) is 9.59 Å². The number of esters is 2. The van der Waals surface area contributed by atoms with Crippen molar-refractivity contribution >= 4 is 60.9 Å². The summed E-state index contributed by atoms with van der Waals surface area (Å²) in [6.07, 6.45) is 19.2. The van der Waals surface area contributed by atoms with Crippen LogP contribution in [-0.2, 0) is 37.5 Å². The first kappa shape index (κ1) is 55.4. The maximum absolute atomic E-state index is 12.6. The highest BCUT2D eigenvalue weighted by Gasteiger charge is 2.52. The third-order valence-electron chi connectivity index (χ3n) is 12.9. The Morgan fingerprint density at radius 3 is 1.03 bits per heavy atom. The summed E-state index contributed by atoms with van der Waals surface area (Å²) >= 11 is 0. The van der Waals surface area contributed by atoms with Gasteiger partial charge in [-0.1, -0.05) is 175 Å². The number of cyclic esters (lactones) is 2. The molecule has 2 aliphatic heterocycles. The van der Waals surface area contributed by atoms with Gasteiger partial charge in [0.2, 0.25) is 0 Å². The number of ether oxygens (including phenoxy) is 2. The molecule has 4 aromatic carbocycles. The van der Waals surface area contributed by atoms with Crippen molar-refractivity contribution in [3.05, 3.63) is 170 Å². The molecule has 0 amide bonds. The van der Waals surface area contributed by atoms with Gasteiger partial charge in [-0.3, -0.25) is 9.59 Å². The van der Waals surface area contributed by atoms with Crippen LogP contribution in [0.3, 0.4) is 0 Å². The first-order chi connectivity index (χ1) is 33.4. The van der Waals surface area contributed by atoms with Crippen LogP contribution in [0.1, 0.15) is 120 Å². The Balaban J connectivity index is 0.000000261. The summed E-state index contributed by atoms with van der Waals surface area (Å²) in [5.74, 6) is -0.566. The minimum atomic E-state index is -2.84. The molecule has 0 saturated heterocycles. The summed E-state index contributed by atoms with van der Waals surface area (Å²) in [4.78, 5) is 50.2. The Kier molecular flexibility index (Phi) is 21.1. The second kappa shape index (κ2) is 26.6. The van der Waals surface area contributed by atoms with Crippen LogP contribution >= 0.6 is 0 Å². The van der Waals surface area contributed by atoms with E-state index in [4.69, 9.17) is 18.3 Å². The molecule has 4 atom stereocenters. The molecule has 0 spiro atoms. The van der Waals surface area contributed by atoms with Gasteiger partial charge in [-0.15, -0.1) is 0 Å². The lowest BCUT2D eigenvalue weighted by atomic mass is 10.1. The van der Waals surface area contributed by atoms with Crippen molar-refractivity contribution in [3.63, 3.8) is 0 Å². The molecule has 0 fully saturated rings. The normalized spacial score (nSPS) is 22.6. The van der Waals surface area contributed by atoms with E-state index in [2.05, 4.69) is 90.1 Å². The van der Waals surface area contributed by atoms with Gasteiger partial charge in [0.1, 0.15) is 0 Å².